The summed E-state index contributed by atoms with van der Waals surface area (Å²) in [5.74, 6) is 0.964. The lowest BCUT2D eigenvalue weighted by atomic mass is 10.0. The van der Waals surface area contributed by atoms with Crippen LogP contribution in [0.2, 0.25) is 0 Å². The maximum absolute atomic E-state index is 12.9. The second-order valence-electron chi connectivity index (χ2n) is 7.49. The standard InChI is InChI=1S/C19H21F3N4O/c1-11-7-13(19(20,21)22)8-16(27)18(11)14-3-4-17(24-23-14)26-6-5-12-9-25(2)10-15(12)26/h3-4,7-8,12,15,27H,5-6,9-10H2,1-2H3/t12-,15+/m1/s1. The van der Waals surface area contributed by atoms with Gasteiger partial charge in [-0.15, -0.1) is 10.2 Å². The van der Waals surface area contributed by atoms with Gasteiger partial charge in [-0.1, -0.05) is 0 Å². The van der Waals surface area contributed by atoms with Crippen molar-refractivity contribution in [2.24, 2.45) is 5.92 Å². The summed E-state index contributed by atoms with van der Waals surface area (Å²) in [6.45, 7) is 4.54. The molecule has 8 heteroatoms. The smallest absolute Gasteiger partial charge is 0.416 e. The van der Waals surface area contributed by atoms with E-state index in [2.05, 4.69) is 27.0 Å². The molecular formula is C19H21F3N4O. The minimum Gasteiger partial charge on any atom is -0.507 e. The van der Waals surface area contributed by atoms with Crippen molar-refractivity contribution in [2.75, 3.05) is 31.6 Å². The van der Waals surface area contributed by atoms with E-state index in [4.69, 9.17) is 0 Å². The number of likely N-dealkylation sites (tertiary alicyclic amines) is 1. The Hall–Kier alpha value is -2.35. The first-order valence-electron chi connectivity index (χ1n) is 8.94. The highest BCUT2D eigenvalue weighted by atomic mass is 19.4. The van der Waals surface area contributed by atoms with Crippen LogP contribution in [0.4, 0.5) is 19.0 Å². The molecule has 1 aromatic carbocycles. The third-order valence-electron chi connectivity index (χ3n) is 5.57. The first-order valence-corrected chi connectivity index (χ1v) is 8.94. The first kappa shape index (κ1) is 18.0. The largest absolute Gasteiger partial charge is 0.507 e. The summed E-state index contributed by atoms with van der Waals surface area (Å²) in [6.07, 6.45) is -3.38. The average Bonchev–Trinajstić information content (AvgIpc) is 3.13. The Morgan fingerprint density at radius 2 is 1.93 bits per heavy atom. The molecule has 0 aliphatic carbocycles. The highest BCUT2D eigenvalue weighted by Crippen LogP contribution is 2.39. The van der Waals surface area contributed by atoms with Gasteiger partial charge in [0.1, 0.15) is 5.75 Å². The lowest BCUT2D eigenvalue weighted by molar-refractivity contribution is -0.137. The Kier molecular flexibility index (Phi) is 4.25. The molecule has 0 unspecified atom stereocenters. The second-order valence-corrected chi connectivity index (χ2v) is 7.49. The van der Waals surface area contributed by atoms with Gasteiger partial charge >= 0.3 is 6.18 Å². The van der Waals surface area contributed by atoms with Gasteiger partial charge in [0.05, 0.1) is 11.3 Å². The van der Waals surface area contributed by atoms with Crippen molar-refractivity contribution >= 4 is 5.82 Å². The van der Waals surface area contributed by atoms with Crippen molar-refractivity contribution in [3.63, 3.8) is 0 Å². The number of hydrogen-bond acceptors (Lipinski definition) is 5. The summed E-state index contributed by atoms with van der Waals surface area (Å²) in [5, 5.41) is 18.6. The molecule has 0 amide bonds. The van der Waals surface area contributed by atoms with Crippen LogP contribution in [0, 0.1) is 12.8 Å². The second kappa shape index (κ2) is 6.37. The Balaban J connectivity index is 1.62. The summed E-state index contributed by atoms with van der Waals surface area (Å²) in [4.78, 5) is 4.57. The monoisotopic (exact) mass is 378 g/mol. The average molecular weight is 378 g/mol. The number of halogens is 3. The van der Waals surface area contributed by atoms with Crippen LogP contribution in [0.15, 0.2) is 24.3 Å². The van der Waals surface area contributed by atoms with E-state index in [0.717, 1.165) is 44.0 Å². The van der Waals surface area contributed by atoms with Crippen LogP contribution in [0.5, 0.6) is 5.75 Å². The minimum atomic E-state index is -4.50. The van der Waals surface area contributed by atoms with Gasteiger partial charge in [-0.25, -0.2) is 0 Å². The molecule has 2 aliphatic rings. The molecule has 2 fully saturated rings. The molecule has 0 bridgehead atoms. The number of anilines is 1. The number of hydrogen-bond donors (Lipinski definition) is 1. The van der Waals surface area contributed by atoms with Crippen LogP contribution < -0.4 is 4.90 Å². The molecule has 2 aliphatic heterocycles. The molecular weight excluding hydrogens is 357 g/mol. The van der Waals surface area contributed by atoms with E-state index in [0.29, 0.717) is 23.2 Å². The van der Waals surface area contributed by atoms with Crippen molar-refractivity contribution in [3.05, 3.63) is 35.4 Å². The number of aromatic hydroxyl groups is 1. The number of fused-ring (bicyclic) bond motifs is 1. The van der Waals surface area contributed by atoms with Crippen molar-refractivity contribution in [3.8, 4) is 17.0 Å². The SMILES string of the molecule is Cc1cc(C(F)(F)F)cc(O)c1-c1ccc(N2CC[C@@H]3CN(C)C[C@@H]32)nn1. The van der Waals surface area contributed by atoms with Crippen LogP contribution in [0.3, 0.4) is 0 Å². The van der Waals surface area contributed by atoms with Gasteiger partial charge in [0.25, 0.3) is 0 Å². The molecule has 3 heterocycles. The fourth-order valence-electron chi connectivity index (χ4n) is 4.33. The van der Waals surface area contributed by atoms with E-state index in [1.165, 1.54) is 6.92 Å². The quantitative estimate of drug-likeness (QED) is 0.869. The van der Waals surface area contributed by atoms with E-state index in [1.807, 2.05) is 6.07 Å². The van der Waals surface area contributed by atoms with Gasteiger partial charge in [-0.2, -0.15) is 13.2 Å². The molecule has 27 heavy (non-hydrogen) atoms. The molecule has 4 rings (SSSR count). The van der Waals surface area contributed by atoms with Crippen molar-refractivity contribution in [1.82, 2.24) is 15.1 Å². The Morgan fingerprint density at radius 1 is 1.15 bits per heavy atom. The lowest BCUT2D eigenvalue weighted by Gasteiger charge is -2.24. The van der Waals surface area contributed by atoms with Gasteiger partial charge in [0, 0.05) is 31.2 Å². The van der Waals surface area contributed by atoms with E-state index in [1.54, 1.807) is 6.07 Å². The molecule has 1 aromatic heterocycles. The molecule has 0 spiro atoms. The molecule has 2 saturated heterocycles. The summed E-state index contributed by atoms with van der Waals surface area (Å²) in [6, 6.07) is 5.72. The van der Waals surface area contributed by atoms with E-state index in [9.17, 15) is 18.3 Å². The molecule has 1 N–H and O–H groups in total. The Bertz CT molecular complexity index is 830. The number of phenolic OH excluding ortho intramolecular Hbond substituents is 1. The molecule has 144 valence electrons. The van der Waals surface area contributed by atoms with E-state index in [-0.39, 0.29) is 5.56 Å². The summed E-state index contributed by atoms with van der Waals surface area (Å²) >= 11 is 0. The molecule has 2 aromatic rings. The topological polar surface area (TPSA) is 52.5 Å². The normalized spacial score (nSPS) is 23.1. The summed E-state index contributed by atoms with van der Waals surface area (Å²) in [5.41, 5.74) is 0.0750. The summed E-state index contributed by atoms with van der Waals surface area (Å²) < 4.78 is 38.7. The summed E-state index contributed by atoms with van der Waals surface area (Å²) in [7, 11) is 2.11. The molecule has 0 saturated carbocycles. The molecule has 0 radical (unpaired) electrons. The number of rotatable bonds is 2. The zero-order valence-electron chi connectivity index (χ0n) is 15.2. The molecule has 5 nitrogen and oxygen atoms in total. The zero-order chi connectivity index (χ0) is 19.3. The number of alkyl halides is 3. The third kappa shape index (κ3) is 3.22. The number of phenols is 1. The van der Waals surface area contributed by atoms with E-state index >= 15 is 0 Å². The van der Waals surface area contributed by atoms with Gasteiger partial charge in [-0.05, 0) is 56.1 Å². The van der Waals surface area contributed by atoms with Crippen LogP contribution in [0.25, 0.3) is 11.3 Å². The fourth-order valence-corrected chi connectivity index (χ4v) is 4.33. The highest BCUT2D eigenvalue weighted by molar-refractivity contribution is 5.71. The van der Waals surface area contributed by atoms with Crippen LogP contribution >= 0.6 is 0 Å². The number of nitrogens with zero attached hydrogens (tertiary/aromatic N) is 4. The number of likely N-dealkylation sites (N-methyl/N-ethyl adjacent to an activating group) is 1. The number of benzene rings is 1. The maximum Gasteiger partial charge on any atom is 0.416 e. The fraction of sp³-hybridized carbons (Fsp3) is 0.474. The third-order valence-corrected chi connectivity index (χ3v) is 5.57. The predicted molar refractivity (Wildman–Crippen MR) is 95.6 cm³/mol. The predicted octanol–water partition coefficient (Wildman–Crippen LogP) is 3.32. The zero-order valence-corrected chi connectivity index (χ0v) is 15.2. The van der Waals surface area contributed by atoms with Gasteiger partial charge < -0.3 is 14.9 Å². The van der Waals surface area contributed by atoms with Gasteiger partial charge in [0.2, 0.25) is 0 Å². The van der Waals surface area contributed by atoms with Crippen LogP contribution in [0.1, 0.15) is 17.5 Å². The lowest BCUT2D eigenvalue weighted by Crippen LogP contribution is -2.35. The molecule has 2 atom stereocenters. The van der Waals surface area contributed by atoms with E-state index < -0.39 is 17.5 Å². The maximum atomic E-state index is 12.9. The van der Waals surface area contributed by atoms with Crippen molar-refractivity contribution in [2.45, 2.75) is 25.6 Å². The first-order chi connectivity index (χ1) is 12.7. The van der Waals surface area contributed by atoms with Crippen molar-refractivity contribution in [1.29, 1.82) is 0 Å². The Labute approximate surface area is 155 Å². The Morgan fingerprint density at radius 3 is 2.56 bits per heavy atom. The van der Waals surface area contributed by atoms with Gasteiger partial charge in [0.15, 0.2) is 5.82 Å². The minimum absolute atomic E-state index is 0.280. The van der Waals surface area contributed by atoms with Crippen LogP contribution in [-0.2, 0) is 6.18 Å². The highest BCUT2D eigenvalue weighted by Gasteiger charge is 2.40. The number of aryl methyl sites for hydroxylation is 1. The van der Waals surface area contributed by atoms with Crippen molar-refractivity contribution < 1.29 is 18.3 Å². The van der Waals surface area contributed by atoms with Gasteiger partial charge in [-0.3, -0.25) is 0 Å². The number of aromatic nitrogens is 2. The van der Waals surface area contributed by atoms with Crippen LogP contribution in [-0.4, -0.2) is 52.9 Å².